The molecule has 92 valence electrons. The quantitative estimate of drug-likeness (QED) is 0.356. The van der Waals surface area contributed by atoms with Crippen LogP contribution in [0.25, 0.3) is 0 Å². The monoisotopic (exact) mass is 231 g/mol. The molecule has 3 nitrogen and oxygen atoms in total. The lowest BCUT2D eigenvalue weighted by Gasteiger charge is -2.07. The molecule has 0 aromatic heterocycles. The van der Waals surface area contributed by atoms with Crippen molar-refractivity contribution in [1.29, 1.82) is 0 Å². The van der Waals surface area contributed by atoms with E-state index >= 15 is 0 Å². The van der Waals surface area contributed by atoms with Gasteiger partial charge in [-0.3, -0.25) is 0 Å². The minimum absolute atomic E-state index is 0.243. The molecule has 0 radical (unpaired) electrons. The Bertz CT molecular complexity index is 418. The van der Waals surface area contributed by atoms with Gasteiger partial charge < -0.3 is 5.43 Å². The smallest absolute Gasteiger partial charge is 0.120 e. The van der Waals surface area contributed by atoms with Crippen LogP contribution < -0.4 is 11.3 Å². The Morgan fingerprint density at radius 3 is 2.06 bits per heavy atom. The fourth-order valence-electron chi connectivity index (χ4n) is 2.70. The highest BCUT2D eigenvalue weighted by Gasteiger charge is 2.66. The van der Waals surface area contributed by atoms with Crippen LogP contribution in [-0.4, -0.2) is 5.84 Å². The molecule has 1 fully saturated rings. The van der Waals surface area contributed by atoms with Crippen molar-refractivity contribution in [1.82, 2.24) is 5.43 Å². The number of hydrazine groups is 1. The Morgan fingerprint density at radius 2 is 1.65 bits per heavy atom. The van der Waals surface area contributed by atoms with Gasteiger partial charge in [0.15, 0.2) is 0 Å². The number of aliphatic imine (C=N–C) groups is 1. The molecule has 0 heterocycles. The van der Waals surface area contributed by atoms with E-state index in [0.29, 0.717) is 5.92 Å². The highest BCUT2D eigenvalue weighted by Crippen LogP contribution is 2.68. The Balaban J connectivity index is 2.28. The summed E-state index contributed by atoms with van der Waals surface area (Å²) in [6, 6.07) is 9.92. The van der Waals surface area contributed by atoms with Crippen LogP contribution >= 0.6 is 0 Å². The number of nitrogens with zero attached hydrogens (tertiary/aromatic N) is 1. The first kappa shape index (κ1) is 12.1. The molecule has 1 aromatic rings. The van der Waals surface area contributed by atoms with Crippen molar-refractivity contribution in [2.75, 3.05) is 0 Å². The molecule has 3 heteroatoms. The van der Waals surface area contributed by atoms with E-state index in [1.54, 1.807) is 0 Å². The van der Waals surface area contributed by atoms with Gasteiger partial charge in [-0.15, -0.1) is 0 Å². The zero-order valence-corrected chi connectivity index (χ0v) is 11.0. The predicted molar refractivity (Wildman–Crippen MR) is 71.9 cm³/mol. The van der Waals surface area contributed by atoms with Crippen molar-refractivity contribution in [3.05, 3.63) is 30.3 Å². The second kappa shape index (κ2) is 3.84. The minimum atomic E-state index is 0.243. The fourth-order valence-corrected chi connectivity index (χ4v) is 2.70. The molecule has 1 aromatic carbocycles. The van der Waals surface area contributed by atoms with Crippen molar-refractivity contribution < 1.29 is 0 Å². The average molecular weight is 231 g/mol. The largest absolute Gasteiger partial charge is 0.312 e. The summed E-state index contributed by atoms with van der Waals surface area (Å²) in [6.07, 6.45) is 0. The maximum Gasteiger partial charge on any atom is 0.120 e. The zero-order chi connectivity index (χ0) is 12.7. The lowest BCUT2D eigenvalue weighted by Crippen LogP contribution is -2.33. The maximum atomic E-state index is 5.62. The summed E-state index contributed by atoms with van der Waals surface area (Å²) in [4.78, 5) is 4.61. The van der Waals surface area contributed by atoms with E-state index in [1.165, 1.54) is 0 Å². The van der Waals surface area contributed by atoms with Gasteiger partial charge in [0, 0.05) is 5.92 Å². The Hall–Kier alpha value is -1.35. The number of nitrogens with one attached hydrogen (secondary N) is 1. The first-order valence-corrected chi connectivity index (χ1v) is 6.01. The molecule has 1 aliphatic carbocycles. The average Bonchev–Trinajstić information content (AvgIpc) is 2.68. The molecule has 0 bridgehead atoms. The second-order valence-corrected chi connectivity index (χ2v) is 5.85. The fraction of sp³-hybridized carbons (Fsp3) is 0.500. The summed E-state index contributed by atoms with van der Waals surface area (Å²) >= 11 is 0. The van der Waals surface area contributed by atoms with Crippen LogP contribution in [0.4, 0.5) is 5.69 Å². The highest BCUT2D eigenvalue weighted by atomic mass is 15.3. The van der Waals surface area contributed by atoms with Crippen molar-refractivity contribution in [2.24, 2.45) is 27.6 Å². The topological polar surface area (TPSA) is 50.4 Å². The van der Waals surface area contributed by atoms with Crippen molar-refractivity contribution >= 4 is 11.5 Å². The van der Waals surface area contributed by atoms with E-state index in [-0.39, 0.29) is 10.8 Å². The number of para-hydroxylation sites is 1. The Kier molecular flexibility index (Phi) is 2.74. The van der Waals surface area contributed by atoms with Gasteiger partial charge in [-0.25, -0.2) is 10.8 Å². The summed E-state index contributed by atoms with van der Waals surface area (Å²) in [5, 5.41) is 0. The van der Waals surface area contributed by atoms with Gasteiger partial charge in [0.05, 0.1) is 5.69 Å². The summed E-state index contributed by atoms with van der Waals surface area (Å²) < 4.78 is 0. The van der Waals surface area contributed by atoms with E-state index in [1.807, 2.05) is 30.3 Å². The third kappa shape index (κ3) is 1.84. The molecule has 0 amide bonds. The molecule has 0 spiro atoms. The lowest BCUT2D eigenvalue weighted by atomic mass is 10.0. The molecule has 0 aliphatic heterocycles. The number of hydrogen-bond donors (Lipinski definition) is 2. The van der Waals surface area contributed by atoms with Crippen LogP contribution in [0.5, 0.6) is 0 Å². The van der Waals surface area contributed by atoms with Crippen molar-refractivity contribution in [2.45, 2.75) is 27.7 Å². The van der Waals surface area contributed by atoms with Gasteiger partial charge in [-0.1, -0.05) is 45.9 Å². The summed E-state index contributed by atoms with van der Waals surface area (Å²) in [5.41, 5.74) is 4.20. The number of benzene rings is 1. The van der Waals surface area contributed by atoms with E-state index < -0.39 is 0 Å². The van der Waals surface area contributed by atoms with Gasteiger partial charge in [0.1, 0.15) is 5.84 Å². The third-order valence-electron chi connectivity index (χ3n) is 4.45. The molecule has 1 aliphatic rings. The molecule has 0 unspecified atom stereocenters. The second-order valence-electron chi connectivity index (χ2n) is 5.85. The van der Waals surface area contributed by atoms with E-state index in [4.69, 9.17) is 5.84 Å². The standard InChI is InChI=1S/C14H21N3/c1-13(2)11(14(13,3)4)12(17-15)16-10-8-6-5-7-9-10/h5-9,11H,15H2,1-4H3,(H,16,17). The summed E-state index contributed by atoms with van der Waals surface area (Å²) in [7, 11) is 0. The number of rotatable bonds is 2. The summed E-state index contributed by atoms with van der Waals surface area (Å²) in [6.45, 7) is 9.04. The van der Waals surface area contributed by atoms with Crippen LogP contribution in [0, 0.1) is 16.7 Å². The van der Waals surface area contributed by atoms with E-state index in [9.17, 15) is 0 Å². The van der Waals surface area contributed by atoms with Crippen molar-refractivity contribution in [3.63, 3.8) is 0 Å². The van der Waals surface area contributed by atoms with E-state index in [0.717, 1.165) is 11.5 Å². The summed E-state index contributed by atoms with van der Waals surface area (Å²) in [5.74, 6) is 6.89. The Morgan fingerprint density at radius 1 is 1.12 bits per heavy atom. The molecular weight excluding hydrogens is 210 g/mol. The number of amidine groups is 1. The van der Waals surface area contributed by atoms with Crippen LogP contribution in [-0.2, 0) is 0 Å². The van der Waals surface area contributed by atoms with Gasteiger partial charge in [-0.2, -0.15) is 0 Å². The van der Waals surface area contributed by atoms with Crippen LogP contribution in [0.3, 0.4) is 0 Å². The zero-order valence-electron chi connectivity index (χ0n) is 11.0. The molecule has 3 N–H and O–H groups in total. The molecule has 0 atom stereocenters. The Labute approximate surface area is 103 Å². The minimum Gasteiger partial charge on any atom is -0.312 e. The molecule has 0 saturated heterocycles. The van der Waals surface area contributed by atoms with E-state index in [2.05, 4.69) is 38.1 Å². The SMILES string of the molecule is CC1(C)C(C(=Nc2ccccc2)NN)C1(C)C. The first-order chi connectivity index (χ1) is 7.91. The van der Waals surface area contributed by atoms with Crippen LogP contribution in [0.15, 0.2) is 35.3 Å². The lowest BCUT2D eigenvalue weighted by molar-refractivity contribution is 0.457. The first-order valence-electron chi connectivity index (χ1n) is 6.01. The molecule has 17 heavy (non-hydrogen) atoms. The molecule has 1 saturated carbocycles. The van der Waals surface area contributed by atoms with Gasteiger partial charge in [-0.05, 0) is 23.0 Å². The van der Waals surface area contributed by atoms with Crippen molar-refractivity contribution in [3.8, 4) is 0 Å². The van der Waals surface area contributed by atoms with Crippen LogP contribution in [0.2, 0.25) is 0 Å². The number of nitrogens with two attached hydrogens (primary N) is 1. The molecule has 2 rings (SSSR count). The third-order valence-corrected chi connectivity index (χ3v) is 4.45. The highest BCUT2D eigenvalue weighted by molar-refractivity contribution is 5.90. The number of hydrogen-bond acceptors (Lipinski definition) is 2. The predicted octanol–water partition coefficient (Wildman–Crippen LogP) is 2.86. The van der Waals surface area contributed by atoms with Gasteiger partial charge in [0.2, 0.25) is 0 Å². The maximum absolute atomic E-state index is 5.62. The van der Waals surface area contributed by atoms with Crippen LogP contribution in [0.1, 0.15) is 27.7 Å². The normalized spacial score (nSPS) is 22.3. The van der Waals surface area contributed by atoms with Gasteiger partial charge >= 0.3 is 0 Å². The van der Waals surface area contributed by atoms with Gasteiger partial charge in [0.25, 0.3) is 0 Å². The molecular formula is C14H21N3.